The van der Waals surface area contributed by atoms with Gasteiger partial charge in [-0.15, -0.1) is 0 Å². The number of aliphatic carboxylic acids is 1. The number of phenolic OH excluding ortho intramolecular Hbond substituents is 3. The Bertz CT molecular complexity index is 910. The molecule has 0 saturated carbocycles. The molecule has 8 heteroatoms. The first-order valence-corrected chi connectivity index (χ1v) is 9.30. The average molecular weight is 400 g/mol. The van der Waals surface area contributed by atoms with E-state index in [1.165, 1.54) is 12.1 Å². The number of nitrogens with two attached hydrogens (primary N) is 1. The number of aromatic hydroxyl groups is 3. The van der Waals surface area contributed by atoms with E-state index in [1.54, 1.807) is 30.5 Å². The SMILES string of the molecule is NC(CCCCNC1C(c2ccc(O)cc2)=COc2cc(O)cc(O)c21)C(=O)O. The molecular weight excluding hydrogens is 376 g/mol. The minimum atomic E-state index is -1.02. The summed E-state index contributed by atoms with van der Waals surface area (Å²) >= 11 is 0. The number of nitrogens with one attached hydrogen (secondary N) is 1. The van der Waals surface area contributed by atoms with Gasteiger partial charge in [-0.2, -0.15) is 0 Å². The molecule has 0 amide bonds. The summed E-state index contributed by atoms with van der Waals surface area (Å²) in [4.78, 5) is 10.8. The number of benzene rings is 2. The van der Waals surface area contributed by atoms with Crippen molar-refractivity contribution in [3.05, 3.63) is 53.8 Å². The highest BCUT2D eigenvalue weighted by Gasteiger charge is 2.29. The molecule has 154 valence electrons. The van der Waals surface area contributed by atoms with Crippen molar-refractivity contribution in [3.8, 4) is 23.0 Å². The van der Waals surface area contributed by atoms with Crippen molar-refractivity contribution in [3.63, 3.8) is 0 Å². The highest BCUT2D eigenvalue weighted by Crippen LogP contribution is 2.45. The van der Waals surface area contributed by atoms with Crippen LogP contribution in [0.5, 0.6) is 23.0 Å². The molecule has 0 aromatic heterocycles. The smallest absolute Gasteiger partial charge is 0.320 e. The van der Waals surface area contributed by atoms with Gasteiger partial charge in [0.2, 0.25) is 0 Å². The minimum Gasteiger partial charge on any atom is -0.508 e. The maximum atomic E-state index is 10.8. The second kappa shape index (κ2) is 8.85. The minimum absolute atomic E-state index is 0.102. The van der Waals surface area contributed by atoms with Gasteiger partial charge in [-0.3, -0.25) is 4.79 Å². The largest absolute Gasteiger partial charge is 0.508 e. The molecule has 29 heavy (non-hydrogen) atoms. The number of rotatable bonds is 8. The van der Waals surface area contributed by atoms with E-state index in [9.17, 15) is 20.1 Å². The Morgan fingerprint density at radius 2 is 1.83 bits per heavy atom. The number of fused-ring (bicyclic) bond motifs is 1. The third-order valence-corrected chi connectivity index (χ3v) is 4.83. The van der Waals surface area contributed by atoms with Gasteiger partial charge in [-0.25, -0.2) is 0 Å². The molecule has 2 atom stereocenters. The van der Waals surface area contributed by atoms with Crippen LogP contribution in [0, 0.1) is 0 Å². The first kappa shape index (κ1) is 20.5. The van der Waals surface area contributed by atoms with Crippen molar-refractivity contribution in [2.75, 3.05) is 6.54 Å². The summed E-state index contributed by atoms with van der Waals surface area (Å²) in [5, 5.41) is 41.9. The van der Waals surface area contributed by atoms with E-state index < -0.39 is 18.1 Å². The fraction of sp³-hybridized carbons (Fsp3) is 0.286. The number of hydrogen-bond donors (Lipinski definition) is 6. The lowest BCUT2D eigenvalue weighted by Gasteiger charge is -2.29. The van der Waals surface area contributed by atoms with E-state index >= 15 is 0 Å². The molecule has 2 aromatic rings. The second-order valence-corrected chi connectivity index (χ2v) is 6.94. The first-order valence-electron chi connectivity index (χ1n) is 9.30. The summed E-state index contributed by atoms with van der Waals surface area (Å²) < 4.78 is 5.63. The Labute approximate surface area is 167 Å². The summed E-state index contributed by atoms with van der Waals surface area (Å²) in [7, 11) is 0. The number of carboxylic acids is 1. The highest BCUT2D eigenvalue weighted by molar-refractivity contribution is 5.76. The average Bonchev–Trinajstić information content (AvgIpc) is 2.67. The normalized spacial score (nSPS) is 16.4. The van der Waals surface area contributed by atoms with E-state index in [0.717, 1.165) is 11.1 Å². The fourth-order valence-electron chi connectivity index (χ4n) is 3.30. The van der Waals surface area contributed by atoms with Gasteiger partial charge in [0.15, 0.2) is 0 Å². The maximum absolute atomic E-state index is 10.8. The zero-order valence-electron chi connectivity index (χ0n) is 15.7. The summed E-state index contributed by atoms with van der Waals surface area (Å²) in [6, 6.07) is 8.00. The standard InChI is InChI=1S/C21H24N2O6/c22-16(21(27)28)3-1-2-8-23-20-15(12-4-6-13(24)7-5-12)11-29-18-10-14(25)9-17(26)19(18)20/h4-7,9-11,16,20,23-26H,1-3,8,22H2,(H,27,28). The monoisotopic (exact) mass is 400 g/mol. The predicted octanol–water partition coefficient (Wildman–Crippen LogP) is 2.45. The van der Waals surface area contributed by atoms with Gasteiger partial charge in [0.05, 0.1) is 17.9 Å². The summed E-state index contributed by atoms with van der Waals surface area (Å²) in [5.41, 5.74) is 7.57. The quantitative estimate of drug-likeness (QED) is 0.371. The molecular formula is C21H24N2O6. The molecule has 2 aromatic carbocycles. The number of carbonyl (C=O) groups is 1. The van der Waals surface area contributed by atoms with E-state index in [4.69, 9.17) is 15.6 Å². The van der Waals surface area contributed by atoms with Crippen LogP contribution in [0.4, 0.5) is 0 Å². The Morgan fingerprint density at radius 1 is 1.10 bits per heavy atom. The van der Waals surface area contributed by atoms with Gasteiger partial charge in [0, 0.05) is 17.7 Å². The topological polar surface area (TPSA) is 145 Å². The first-order chi connectivity index (χ1) is 13.9. The third kappa shape index (κ3) is 4.79. The summed E-state index contributed by atoms with van der Waals surface area (Å²) in [6.45, 7) is 0.548. The molecule has 2 unspecified atom stereocenters. The molecule has 0 saturated heterocycles. The van der Waals surface area contributed by atoms with Gasteiger partial charge >= 0.3 is 5.97 Å². The van der Waals surface area contributed by atoms with Crippen LogP contribution in [-0.2, 0) is 4.79 Å². The molecule has 0 fully saturated rings. The molecule has 1 aliphatic heterocycles. The number of unbranched alkanes of at least 4 members (excludes halogenated alkanes) is 1. The Hall–Kier alpha value is -3.23. The lowest BCUT2D eigenvalue weighted by molar-refractivity contribution is -0.138. The van der Waals surface area contributed by atoms with Crippen molar-refractivity contribution in [1.29, 1.82) is 0 Å². The van der Waals surface area contributed by atoms with Crippen molar-refractivity contribution < 1.29 is 30.0 Å². The van der Waals surface area contributed by atoms with Crippen molar-refractivity contribution in [2.45, 2.75) is 31.3 Å². The Morgan fingerprint density at radius 3 is 2.52 bits per heavy atom. The molecule has 8 nitrogen and oxygen atoms in total. The van der Waals surface area contributed by atoms with Crippen LogP contribution in [-0.4, -0.2) is 39.0 Å². The number of phenols is 3. The molecule has 0 radical (unpaired) electrons. The van der Waals surface area contributed by atoms with E-state index in [0.29, 0.717) is 37.1 Å². The van der Waals surface area contributed by atoms with E-state index in [2.05, 4.69) is 5.32 Å². The lowest BCUT2D eigenvalue weighted by atomic mass is 9.90. The van der Waals surface area contributed by atoms with Crippen LogP contribution in [0.3, 0.4) is 0 Å². The van der Waals surface area contributed by atoms with E-state index in [-0.39, 0.29) is 17.2 Å². The zero-order valence-corrected chi connectivity index (χ0v) is 15.7. The van der Waals surface area contributed by atoms with Crippen LogP contribution in [0.1, 0.15) is 36.4 Å². The van der Waals surface area contributed by atoms with Gasteiger partial charge in [0.25, 0.3) is 0 Å². The molecule has 0 spiro atoms. The zero-order chi connectivity index (χ0) is 21.0. The van der Waals surface area contributed by atoms with Crippen molar-refractivity contribution in [2.24, 2.45) is 5.73 Å². The number of carboxylic acid groups (broad SMARTS) is 1. The second-order valence-electron chi connectivity index (χ2n) is 6.94. The molecule has 7 N–H and O–H groups in total. The maximum Gasteiger partial charge on any atom is 0.320 e. The van der Waals surface area contributed by atoms with Gasteiger partial charge in [-0.1, -0.05) is 18.6 Å². The van der Waals surface area contributed by atoms with Crippen LogP contribution in [0.15, 0.2) is 42.7 Å². The van der Waals surface area contributed by atoms with Crippen molar-refractivity contribution >= 4 is 11.5 Å². The number of ether oxygens (including phenoxy) is 1. The summed E-state index contributed by atoms with van der Waals surface area (Å²) in [6.07, 6.45) is 3.25. The van der Waals surface area contributed by atoms with Crippen LogP contribution in [0.25, 0.3) is 5.57 Å². The summed E-state index contributed by atoms with van der Waals surface area (Å²) in [5.74, 6) is -0.744. The van der Waals surface area contributed by atoms with Gasteiger partial charge in [0.1, 0.15) is 29.0 Å². The molecule has 0 aliphatic carbocycles. The van der Waals surface area contributed by atoms with Crippen LogP contribution in [0.2, 0.25) is 0 Å². The van der Waals surface area contributed by atoms with E-state index in [1.807, 2.05) is 0 Å². The van der Waals surface area contributed by atoms with Crippen LogP contribution < -0.4 is 15.8 Å². The van der Waals surface area contributed by atoms with Crippen LogP contribution >= 0.6 is 0 Å². The Kier molecular flexibility index (Phi) is 6.26. The van der Waals surface area contributed by atoms with Crippen molar-refractivity contribution in [1.82, 2.24) is 5.32 Å². The predicted molar refractivity (Wildman–Crippen MR) is 107 cm³/mol. The lowest BCUT2D eigenvalue weighted by Crippen LogP contribution is -2.30. The molecule has 0 bridgehead atoms. The molecule has 1 aliphatic rings. The Balaban J connectivity index is 1.79. The highest BCUT2D eigenvalue weighted by atomic mass is 16.5. The van der Waals surface area contributed by atoms with Gasteiger partial charge < -0.3 is 36.2 Å². The van der Waals surface area contributed by atoms with Gasteiger partial charge in [-0.05, 0) is 37.1 Å². The fourth-order valence-corrected chi connectivity index (χ4v) is 3.30. The molecule has 3 rings (SSSR count). The molecule has 1 heterocycles. The number of hydrogen-bond acceptors (Lipinski definition) is 7. The third-order valence-electron chi connectivity index (χ3n) is 4.83.